The number of amides is 1. The van der Waals surface area contributed by atoms with E-state index in [0.717, 1.165) is 5.56 Å². The summed E-state index contributed by atoms with van der Waals surface area (Å²) in [5, 5.41) is 0. The van der Waals surface area contributed by atoms with Crippen LogP contribution in [0, 0.1) is 13.3 Å². The molecule has 1 amide bonds. The average molecular weight is 164 g/mol. The van der Waals surface area contributed by atoms with Crippen molar-refractivity contribution in [2.75, 3.05) is 14.1 Å². The van der Waals surface area contributed by atoms with E-state index in [1.165, 1.54) is 4.90 Å². The maximum absolute atomic E-state index is 11.4. The molecule has 1 aromatic heterocycles. The van der Waals surface area contributed by atoms with E-state index in [4.69, 9.17) is 0 Å². The molecule has 0 bridgehead atoms. The van der Waals surface area contributed by atoms with Crippen molar-refractivity contribution in [2.45, 2.75) is 6.92 Å². The van der Waals surface area contributed by atoms with Crippen molar-refractivity contribution < 1.29 is 4.79 Å². The van der Waals surface area contributed by atoms with Crippen LogP contribution >= 0.6 is 0 Å². The molecule has 1 radical (unpaired) electrons. The molecule has 1 heterocycles. The quantitative estimate of drug-likeness (QED) is 0.599. The lowest BCUT2D eigenvalue weighted by Gasteiger charge is -2.09. The van der Waals surface area contributed by atoms with Gasteiger partial charge in [0.25, 0.3) is 5.91 Å². The molecule has 0 N–H and O–H groups in total. The number of aromatic nitrogens is 2. The molecule has 0 aromatic carbocycles. The van der Waals surface area contributed by atoms with Gasteiger partial charge < -0.3 is 4.90 Å². The smallest absolute Gasteiger partial charge is 0.272 e. The summed E-state index contributed by atoms with van der Waals surface area (Å²) in [6, 6.07) is 0. The van der Waals surface area contributed by atoms with E-state index in [1.807, 2.05) is 0 Å². The normalized spacial score (nSPS) is 9.58. The van der Waals surface area contributed by atoms with Gasteiger partial charge in [0.1, 0.15) is 5.69 Å². The highest BCUT2D eigenvalue weighted by atomic mass is 16.2. The molecule has 63 valence electrons. The van der Waals surface area contributed by atoms with Gasteiger partial charge in [-0.1, -0.05) is 0 Å². The molecule has 4 nitrogen and oxygen atoms in total. The Hall–Kier alpha value is -1.45. The summed E-state index contributed by atoms with van der Waals surface area (Å²) < 4.78 is 0. The van der Waals surface area contributed by atoms with Gasteiger partial charge in [-0.2, -0.15) is 0 Å². The van der Waals surface area contributed by atoms with Crippen LogP contribution in [0.25, 0.3) is 0 Å². The molecule has 0 saturated carbocycles. The molecule has 12 heavy (non-hydrogen) atoms. The predicted molar refractivity (Wildman–Crippen MR) is 43.6 cm³/mol. The molecule has 0 unspecified atom stereocenters. The van der Waals surface area contributed by atoms with E-state index in [2.05, 4.69) is 16.3 Å². The van der Waals surface area contributed by atoms with Crippen LogP contribution in [0.5, 0.6) is 0 Å². The second-order valence-corrected chi connectivity index (χ2v) is 2.70. The van der Waals surface area contributed by atoms with Gasteiger partial charge in [0, 0.05) is 20.3 Å². The molecule has 1 rings (SSSR count). The summed E-state index contributed by atoms with van der Waals surface area (Å²) in [6.07, 6.45) is 3.96. The van der Waals surface area contributed by atoms with E-state index >= 15 is 0 Å². The predicted octanol–water partition coefficient (Wildman–Crippen LogP) is 0.287. The van der Waals surface area contributed by atoms with Gasteiger partial charge >= 0.3 is 0 Å². The number of carbonyl (C=O) groups excluding carboxylic acids is 1. The second kappa shape index (κ2) is 3.30. The number of nitrogens with zero attached hydrogens (tertiary/aromatic N) is 3. The third kappa shape index (κ3) is 1.58. The highest BCUT2D eigenvalue weighted by molar-refractivity contribution is 5.93. The SMILES string of the molecule is Cc1cn[c]nc1C(=O)N(C)C. The van der Waals surface area contributed by atoms with Crippen molar-refractivity contribution in [1.29, 1.82) is 0 Å². The van der Waals surface area contributed by atoms with Crippen molar-refractivity contribution in [3.63, 3.8) is 0 Å². The van der Waals surface area contributed by atoms with Crippen molar-refractivity contribution >= 4 is 5.91 Å². The molecule has 4 heteroatoms. The summed E-state index contributed by atoms with van der Waals surface area (Å²) in [6.45, 7) is 1.80. The van der Waals surface area contributed by atoms with Crippen molar-refractivity contribution in [3.05, 3.63) is 23.8 Å². The highest BCUT2D eigenvalue weighted by Crippen LogP contribution is 2.02. The van der Waals surface area contributed by atoms with Crippen LogP contribution in [0.2, 0.25) is 0 Å². The lowest BCUT2D eigenvalue weighted by molar-refractivity contribution is 0.0821. The lowest BCUT2D eigenvalue weighted by Crippen LogP contribution is -2.23. The van der Waals surface area contributed by atoms with Crippen LogP contribution in [0.3, 0.4) is 0 Å². The van der Waals surface area contributed by atoms with Crippen LogP contribution in [-0.2, 0) is 0 Å². The van der Waals surface area contributed by atoms with Crippen LogP contribution in [0.15, 0.2) is 6.20 Å². The van der Waals surface area contributed by atoms with Crippen molar-refractivity contribution in [2.24, 2.45) is 0 Å². The first kappa shape index (κ1) is 8.64. The van der Waals surface area contributed by atoms with E-state index < -0.39 is 0 Å². The Bertz CT molecular complexity index is 296. The Balaban J connectivity index is 3.03. The van der Waals surface area contributed by atoms with E-state index in [9.17, 15) is 4.79 Å². The summed E-state index contributed by atoms with van der Waals surface area (Å²) in [5.74, 6) is -0.119. The fourth-order valence-corrected chi connectivity index (χ4v) is 0.782. The van der Waals surface area contributed by atoms with Crippen LogP contribution in [0.4, 0.5) is 0 Å². The Morgan fingerprint density at radius 1 is 1.58 bits per heavy atom. The summed E-state index contributed by atoms with van der Waals surface area (Å²) in [5.41, 5.74) is 1.18. The minimum absolute atomic E-state index is 0.119. The average Bonchev–Trinajstić information content (AvgIpc) is 2.04. The first-order chi connectivity index (χ1) is 5.63. The first-order valence-corrected chi connectivity index (χ1v) is 3.54. The highest BCUT2D eigenvalue weighted by Gasteiger charge is 2.11. The number of carbonyl (C=O) groups is 1. The molecule has 0 saturated heterocycles. The maximum Gasteiger partial charge on any atom is 0.272 e. The number of rotatable bonds is 1. The van der Waals surface area contributed by atoms with Gasteiger partial charge in [-0.25, -0.2) is 9.97 Å². The summed E-state index contributed by atoms with van der Waals surface area (Å²) in [4.78, 5) is 20.3. The number of hydrogen-bond acceptors (Lipinski definition) is 3. The van der Waals surface area contributed by atoms with Gasteiger partial charge in [0.05, 0.1) is 0 Å². The monoisotopic (exact) mass is 164 g/mol. The largest absolute Gasteiger partial charge is 0.343 e. The van der Waals surface area contributed by atoms with Crippen LogP contribution in [0.1, 0.15) is 16.1 Å². The topological polar surface area (TPSA) is 46.1 Å². The van der Waals surface area contributed by atoms with Crippen molar-refractivity contribution in [1.82, 2.24) is 14.9 Å². The second-order valence-electron chi connectivity index (χ2n) is 2.70. The van der Waals surface area contributed by atoms with E-state index in [0.29, 0.717) is 5.69 Å². The number of hydrogen-bond donors (Lipinski definition) is 0. The standard InChI is InChI=1S/C8H10N3O/c1-6-4-9-5-10-7(6)8(12)11(2)3/h4H,1-3H3. The molecule has 0 fully saturated rings. The molecule has 0 aliphatic carbocycles. The number of aryl methyl sites for hydroxylation is 1. The fraction of sp³-hybridized carbons (Fsp3) is 0.375. The minimum atomic E-state index is -0.119. The third-order valence-corrected chi connectivity index (χ3v) is 1.46. The van der Waals surface area contributed by atoms with Crippen LogP contribution in [-0.4, -0.2) is 34.9 Å². The van der Waals surface area contributed by atoms with Gasteiger partial charge in [0.15, 0.2) is 6.33 Å². The molecular weight excluding hydrogens is 154 g/mol. The summed E-state index contributed by atoms with van der Waals surface area (Å²) in [7, 11) is 3.37. The summed E-state index contributed by atoms with van der Waals surface area (Å²) >= 11 is 0. The lowest BCUT2D eigenvalue weighted by atomic mass is 10.2. The Labute approximate surface area is 71.3 Å². The molecule has 0 spiro atoms. The molecule has 0 atom stereocenters. The van der Waals surface area contributed by atoms with Crippen LogP contribution < -0.4 is 0 Å². The Morgan fingerprint density at radius 3 is 2.75 bits per heavy atom. The zero-order chi connectivity index (χ0) is 9.14. The Morgan fingerprint density at radius 2 is 2.25 bits per heavy atom. The van der Waals surface area contributed by atoms with Gasteiger partial charge in [-0.15, -0.1) is 0 Å². The third-order valence-electron chi connectivity index (χ3n) is 1.46. The molecule has 0 aliphatic rings. The van der Waals surface area contributed by atoms with E-state index in [-0.39, 0.29) is 5.91 Å². The molecule has 0 aliphatic heterocycles. The zero-order valence-corrected chi connectivity index (χ0v) is 7.33. The van der Waals surface area contributed by atoms with E-state index in [1.54, 1.807) is 27.2 Å². The zero-order valence-electron chi connectivity index (χ0n) is 7.33. The molecule has 1 aromatic rings. The minimum Gasteiger partial charge on any atom is -0.343 e. The Kier molecular flexibility index (Phi) is 2.38. The fourth-order valence-electron chi connectivity index (χ4n) is 0.782. The molecular formula is C8H10N3O. The van der Waals surface area contributed by atoms with Gasteiger partial charge in [0.2, 0.25) is 0 Å². The van der Waals surface area contributed by atoms with Crippen molar-refractivity contribution in [3.8, 4) is 0 Å². The van der Waals surface area contributed by atoms with Gasteiger partial charge in [-0.05, 0) is 12.5 Å². The van der Waals surface area contributed by atoms with Gasteiger partial charge in [-0.3, -0.25) is 4.79 Å². The maximum atomic E-state index is 11.4. The first-order valence-electron chi connectivity index (χ1n) is 3.54.